The predicted octanol–water partition coefficient (Wildman–Crippen LogP) is -0.262. The molecule has 0 aromatic rings. The summed E-state index contributed by atoms with van der Waals surface area (Å²) in [5.41, 5.74) is 2.85. The van der Waals surface area contributed by atoms with Crippen molar-refractivity contribution in [3.8, 4) is 0 Å². The van der Waals surface area contributed by atoms with Crippen molar-refractivity contribution in [1.29, 1.82) is 0 Å². The van der Waals surface area contributed by atoms with E-state index >= 15 is 0 Å². The van der Waals surface area contributed by atoms with Gasteiger partial charge in [0.2, 0.25) is 0 Å². The van der Waals surface area contributed by atoms with Gasteiger partial charge in [0.05, 0.1) is 18.8 Å². The number of hydrogen-bond acceptors (Lipinski definition) is 4. The third-order valence-corrected chi connectivity index (χ3v) is 2.93. The molecule has 4 nitrogen and oxygen atoms in total. The average Bonchev–Trinajstić information content (AvgIpc) is 2.13. The Bertz CT molecular complexity index is 165. The van der Waals surface area contributed by atoms with Gasteiger partial charge in [-0.05, 0) is 19.3 Å². The van der Waals surface area contributed by atoms with E-state index in [4.69, 9.17) is 4.74 Å². The van der Waals surface area contributed by atoms with Gasteiger partial charge in [0.1, 0.15) is 0 Å². The molecule has 1 heterocycles. The van der Waals surface area contributed by atoms with Crippen LogP contribution in [0.1, 0.15) is 19.3 Å². The van der Waals surface area contributed by atoms with Crippen LogP contribution >= 0.6 is 0 Å². The van der Waals surface area contributed by atoms with Crippen molar-refractivity contribution < 1.29 is 9.84 Å². The number of aliphatic hydroxyl groups is 1. The van der Waals surface area contributed by atoms with E-state index in [1.54, 1.807) is 0 Å². The number of morpholine rings is 1. The van der Waals surface area contributed by atoms with Crippen LogP contribution in [0.5, 0.6) is 0 Å². The van der Waals surface area contributed by atoms with Gasteiger partial charge in [0.15, 0.2) is 0 Å². The summed E-state index contributed by atoms with van der Waals surface area (Å²) in [6, 6.07) is 0. The third-order valence-electron chi connectivity index (χ3n) is 2.93. The quantitative estimate of drug-likeness (QED) is 0.637. The van der Waals surface area contributed by atoms with E-state index in [0.717, 1.165) is 39.1 Å². The molecule has 2 fully saturated rings. The molecule has 13 heavy (non-hydrogen) atoms. The lowest BCUT2D eigenvalue weighted by Crippen LogP contribution is -2.54. The number of ether oxygens (including phenoxy) is 1. The fourth-order valence-corrected chi connectivity index (χ4v) is 1.74. The standard InChI is InChI=1S/C9H18N2O2/c12-9(2-1-3-9)8-10-11-4-6-13-7-5-11/h10,12H,1-8H2. The Morgan fingerprint density at radius 1 is 1.31 bits per heavy atom. The SMILES string of the molecule is OC1(CNN2CCOCC2)CCC1. The molecule has 4 heteroatoms. The smallest absolute Gasteiger partial charge is 0.0785 e. The zero-order chi connectivity index (χ0) is 9.15. The number of nitrogens with one attached hydrogen (secondary N) is 1. The summed E-state index contributed by atoms with van der Waals surface area (Å²) in [6.45, 7) is 4.15. The first-order valence-electron chi connectivity index (χ1n) is 5.07. The van der Waals surface area contributed by atoms with Gasteiger partial charge in [-0.3, -0.25) is 5.43 Å². The summed E-state index contributed by atoms with van der Waals surface area (Å²) in [4.78, 5) is 0. The Labute approximate surface area is 78.8 Å². The van der Waals surface area contributed by atoms with Crippen molar-refractivity contribution in [3.63, 3.8) is 0 Å². The molecule has 2 aliphatic rings. The number of rotatable bonds is 3. The van der Waals surface area contributed by atoms with Crippen LogP contribution in [-0.4, -0.2) is 48.6 Å². The highest BCUT2D eigenvalue weighted by Gasteiger charge is 2.34. The van der Waals surface area contributed by atoms with E-state index in [2.05, 4.69) is 10.4 Å². The van der Waals surface area contributed by atoms with E-state index in [-0.39, 0.29) is 0 Å². The highest BCUT2D eigenvalue weighted by Crippen LogP contribution is 2.30. The molecule has 2 rings (SSSR count). The predicted molar refractivity (Wildman–Crippen MR) is 49.2 cm³/mol. The number of nitrogens with zero attached hydrogens (tertiary/aromatic N) is 1. The lowest BCUT2D eigenvalue weighted by atomic mass is 9.80. The molecule has 1 saturated heterocycles. The topological polar surface area (TPSA) is 44.7 Å². The Hall–Kier alpha value is -0.160. The summed E-state index contributed by atoms with van der Waals surface area (Å²) >= 11 is 0. The van der Waals surface area contributed by atoms with Crippen molar-refractivity contribution in [2.45, 2.75) is 24.9 Å². The van der Waals surface area contributed by atoms with Crippen molar-refractivity contribution in [2.75, 3.05) is 32.8 Å². The van der Waals surface area contributed by atoms with Gasteiger partial charge in [0.25, 0.3) is 0 Å². The summed E-state index contributed by atoms with van der Waals surface area (Å²) < 4.78 is 5.23. The maximum atomic E-state index is 9.82. The second-order valence-electron chi connectivity index (χ2n) is 4.01. The maximum Gasteiger partial charge on any atom is 0.0785 e. The zero-order valence-electron chi connectivity index (χ0n) is 7.96. The third kappa shape index (κ3) is 2.40. The minimum atomic E-state index is -0.418. The molecule has 0 radical (unpaired) electrons. The van der Waals surface area contributed by atoms with Crippen LogP contribution in [0.15, 0.2) is 0 Å². The lowest BCUT2D eigenvalue weighted by molar-refractivity contribution is -0.0598. The molecular formula is C9H18N2O2. The molecular weight excluding hydrogens is 168 g/mol. The molecule has 2 N–H and O–H groups in total. The van der Waals surface area contributed by atoms with Crippen molar-refractivity contribution in [2.24, 2.45) is 0 Å². The average molecular weight is 186 g/mol. The van der Waals surface area contributed by atoms with E-state index in [1.165, 1.54) is 6.42 Å². The first-order valence-corrected chi connectivity index (χ1v) is 5.07. The Balaban J connectivity index is 1.66. The molecule has 76 valence electrons. The molecule has 0 unspecified atom stereocenters. The van der Waals surface area contributed by atoms with Crippen LogP contribution in [-0.2, 0) is 4.74 Å². The normalized spacial score (nSPS) is 28.4. The Kier molecular flexibility index (Phi) is 2.83. The number of hydrazine groups is 1. The van der Waals surface area contributed by atoms with Crippen molar-refractivity contribution in [1.82, 2.24) is 10.4 Å². The van der Waals surface area contributed by atoms with Crippen LogP contribution in [0.2, 0.25) is 0 Å². The maximum absolute atomic E-state index is 9.82. The fraction of sp³-hybridized carbons (Fsp3) is 1.00. The van der Waals surface area contributed by atoms with Gasteiger partial charge < -0.3 is 9.84 Å². The first kappa shape index (κ1) is 9.40. The first-order chi connectivity index (χ1) is 6.29. The minimum absolute atomic E-state index is 0.418. The van der Waals surface area contributed by atoms with E-state index in [1.807, 2.05) is 0 Å². The summed E-state index contributed by atoms with van der Waals surface area (Å²) in [5.74, 6) is 0. The molecule has 0 amide bonds. The van der Waals surface area contributed by atoms with E-state index in [9.17, 15) is 5.11 Å². The molecule has 0 aromatic carbocycles. The largest absolute Gasteiger partial charge is 0.389 e. The van der Waals surface area contributed by atoms with Gasteiger partial charge in [-0.25, -0.2) is 5.01 Å². The summed E-state index contributed by atoms with van der Waals surface area (Å²) in [6.07, 6.45) is 3.07. The molecule has 1 aliphatic heterocycles. The molecule has 0 spiro atoms. The second-order valence-corrected chi connectivity index (χ2v) is 4.01. The highest BCUT2D eigenvalue weighted by molar-refractivity contribution is 4.89. The Morgan fingerprint density at radius 2 is 2.00 bits per heavy atom. The van der Waals surface area contributed by atoms with E-state index < -0.39 is 5.60 Å². The second kappa shape index (κ2) is 3.92. The minimum Gasteiger partial charge on any atom is -0.389 e. The summed E-state index contributed by atoms with van der Waals surface area (Å²) in [7, 11) is 0. The van der Waals surface area contributed by atoms with Crippen molar-refractivity contribution >= 4 is 0 Å². The lowest BCUT2D eigenvalue weighted by Gasteiger charge is -2.39. The van der Waals surface area contributed by atoms with Crippen LogP contribution in [0.4, 0.5) is 0 Å². The fourth-order valence-electron chi connectivity index (χ4n) is 1.74. The van der Waals surface area contributed by atoms with Gasteiger partial charge in [-0.2, -0.15) is 0 Å². The monoisotopic (exact) mass is 186 g/mol. The van der Waals surface area contributed by atoms with Gasteiger partial charge in [-0.15, -0.1) is 0 Å². The zero-order valence-corrected chi connectivity index (χ0v) is 7.96. The van der Waals surface area contributed by atoms with Crippen molar-refractivity contribution in [3.05, 3.63) is 0 Å². The van der Waals surface area contributed by atoms with E-state index in [0.29, 0.717) is 6.54 Å². The van der Waals surface area contributed by atoms with Crippen LogP contribution in [0.3, 0.4) is 0 Å². The van der Waals surface area contributed by atoms with Gasteiger partial charge in [0, 0.05) is 19.6 Å². The Morgan fingerprint density at radius 3 is 2.54 bits per heavy atom. The number of hydrogen-bond donors (Lipinski definition) is 2. The van der Waals surface area contributed by atoms with Gasteiger partial charge in [-0.1, -0.05) is 0 Å². The summed E-state index contributed by atoms with van der Waals surface area (Å²) in [5, 5.41) is 12.0. The molecule has 1 saturated carbocycles. The van der Waals surface area contributed by atoms with Crippen LogP contribution in [0.25, 0.3) is 0 Å². The molecule has 1 aliphatic carbocycles. The molecule has 0 aromatic heterocycles. The molecule has 0 atom stereocenters. The van der Waals surface area contributed by atoms with Crippen LogP contribution < -0.4 is 5.43 Å². The van der Waals surface area contributed by atoms with Crippen LogP contribution in [0, 0.1) is 0 Å². The van der Waals surface area contributed by atoms with Gasteiger partial charge >= 0.3 is 0 Å². The molecule has 0 bridgehead atoms. The highest BCUT2D eigenvalue weighted by atomic mass is 16.5.